The van der Waals surface area contributed by atoms with Crippen molar-refractivity contribution in [2.45, 2.75) is 13.5 Å². The van der Waals surface area contributed by atoms with Crippen molar-refractivity contribution in [3.63, 3.8) is 0 Å². The van der Waals surface area contributed by atoms with Gasteiger partial charge in [-0.2, -0.15) is 0 Å². The van der Waals surface area contributed by atoms with Crippen LogP contribution in [0.3, 0.4) is 0 Å². The number of hydrogen-bond acceptors (Lipinski definition) is 4. The van der Waals surface area contributed by atoms with Gasteiger partial charge in [-0.15, -0.1) is 0 Å². The number of carbonyl (C=O) groups is 1. The maximum absolute atomic E-state index is 11.4. The second kappa shape index (κ2) is 6.85. The predicted octanol–water partition coefficient (Wildman–Crippen LogP) is 0.373. The summed E-state index contributed by atoms with van der Waals surface area (Å²) in [7, 11) is 3.54. The number of anilines is 1. The second-order valence-corrected chi connectivity index (χ2v) is 3.70. The molecule has 1 rings (SSSR count). The highest BCUT2D eigenvalue weighted by Gasteiger charge is 2.13. The van der Waals surface area contributed by atoms with Crippen molar-refractivity contribution in [2.24, 2.45) is 0 Å². The van der Waals surface area contributed by atoms with E-state index in [1.165, 1.54) is 0 Å². The minimum absolute atomic E-state index is 0.00656. The Labute approximate surface area is 102 Å². The molecule has 2 N–H and O–H groups in total. The van der Waals surface area contributed by atoms with Crippen LogP contribution in [0.1, 0.15) is 12.5 Å². The van der Waals surface area contributed by atoms with Crippen molar-refractivity contribution in [2.75, 3.05) is 32.1 Å². The van der Waals surface area contributed by atoms with Crippen molar-refractivity contribution in [1.82, 2.24) is 15.6 Å². The van der Waals surface area contributed by atoms with Crippen molar-refractivity contribution in [3.05, 3.63) is 23.9 Å². The molecule has 1 amide bonds. The van der Waals surface area contributed by atoms with Gasteiger partial charge in [-0.1, -0.05) is 6.07 Å². The Hall–Kier alpha value is -1.62. The third-order valence-corrected chi connectivity index (χ3v) is 2.53. The first-order chi connectivity index (χ1) is 8.22. The lowest BCUT2D eigenvalue weighted by Gasteiger charge is -2.23. The molecule has 0 unspecified atom stereocenters. The van der Waals surface area contributed by atoms with Gasteiger partial charge in [0.05, 0.1) is 6.54 Å². The summed E-state index contributed by atoms with van der Waals surface area (Å²) < 4.78 is 0. The standard InChI is InChI=1S/C12H20N4O/c1-4-16(9-11(17)14-3)12-10(8-13-2)6-5-7-15-12/h5-7,13H,4,8-9H2,1-3H3,(H,14,17). The molecule has 0 aliphatic heterocycles. The SMILES string of the molecule is CCN(CC(=O)NC)c1ncccc1CNC. The highest BCUT2D eigenvalue weighted by Crippen LogP contribution is 2.16. The van der Waals surface area contributed by atoms with Gasteiger partial charge in [-0.25, -0.2) is 4.98 Å². The average Bonchev–Trinajstić information content (AvgIpc) is 2.37. The Bertz CT molecular complexity index is 367. The Morgan fingerprint density at radius 3 is 2.82 bits per heavy atom. The van der Waals surface area contributed by atoms with E-state index in [4.69, 9.17) is 0 Å². The first kappa shape index (κ1) is 13.4. The van der Waals surface area contributed by atoms with Gasteiger partial charge in [0, 0.05) is 31.9 Å². The molecule has 1 aromatic rings. The Balaban J connectivity index is 2.90. The fourth-order valence-corrected chi connectivity index (χ4v) is 1.63. The first-order valence-corrected chi connectivity index (χ1v) is 5.77. The number of rotatable bonds is 6. The summed E-state index contributed by atoms with van der Waals surface area (Å²) in [4.78, 5) is 17.8. The summed E-state index contributed by atoms with van der Waals surface area (Å²) in [5.74, 6) is 0.862. The molecule has 0 saturated carbocycles. The smallest absolute Gasteiger partial charge is 0.239 e. The third-order valence-electron chi connectivity index (χ3n) is 2.53. The second-order valence-electron chi connectivity index (χ2n) is 3.70. The number of hydrogen-bond donors (Lipinski definition) is 2. The van der Waals surface area contributed by atoms with Gasteiger partial charge in [0.2, 0.25) is 5.91 Å². The lowest BCUT2D eigenvalue weighted by Crippen LogP contribution is -2.36. The average molecular weight is 236 g/mol. The van der Waals surface area contributed by atoms with Gasteiger partial charge in [-0.3, -0.25) is 4.79 Å². The molecule has 1 aromatic heterocycles. The van der Waals surface area contributed by atoms with Crippen LogP contribution < -0.4 is 15.5 Å². The Morgan fingerprint density at radius 2 is 2.24 bits per heavy atom. The normalized spacial score (nSPS) is 10.1. The van der Waals surface area contributed by atoms with Crippen LogP contribution in [0.15, 0.2) is 18.3 Å². The van der Waals surface area contributed by atoms with E-state index < -0.39 is 0 Å². The van der Waals surface area contributed by atoms with E-state index in [0.717, 1.165) is 24.5 Å². The quantitative estimate of drug-likeness (QED) is 0.749. The minimum atomic E-state index is -0.00656. The highest BCUT2D eigenvalue weighted by atomic mass is 16.1. The number of pyridine rings is 1. The van der Waals surface area contributed by atoms with Crippen molar-refractivity contribution in [1.29, 1.82) is 0 Å². The van der Waals surface area contributed by atoms with Crippen LogP contribution in [0.2, 0.25) is 0 Å². The molecule has 0 saturated heterocycles. The molecule has 1 heterocycles. The highest BCUT2D eigenvalue weighted by molar-refractivity contribution is 5.80. The summed E-state index contributed by atoms with van der Waals surface area (Å²) in [5, 5.41) is 5.73. The number of amides is 1. The molecule has 0 aromatic carbocycles. The predicted molar refractivity (Wildman–Crippen MR) is 69.0 cm³/mol. The molecule has 94 valence electrons. The molecular weight excluding hydrogens is 216 g/mol. The van der Waals surface area contributed by atoms with Gasteiger partial charge >= 0.3 is 0 Å². The molecule has 0 bridgehead atoms. The fourth-order valence-electron chi connectivity index (χ4n) is 1.63. The molecule has 0 aliphatic rings. The molecule has 5 heteroatoms. The summed E-state index contributed by atoms with van der Waals surface area (Å²) in [6.45, 7) is 3.84. The van der Waals surface area contributed by atoms with Gasteiger partial charge in [0.15, 0.2) is 0 Å². The van der Waals surface area contributed by atoms with Crippen molar-refractivity contribution >= 4 is 11.7 Å². The Kier molecular flexibility index (Phi) is 5.42. The minimum Gasteiger partial charge on any atom is -0.358 e. The topological polar surface area (TPSA) is 57.3 Å². The van der Waals surface area contributed by atoms with Crippen LogP contribution in [0.25, 0.3) is 0 Å². The van der Waals surface area contributed by atoms with E-state index in [9.17, 15) is 4.79 Å². The van der Waals surface area contributed by atoms with E-state index in [2.05, 4.69) is 15.6 Å². The number of likely N-dealkylation sites (N-methyl/N-ethyl adjacent to an activating group) is 2. The third kappa shape index (κ3) is 3.71. The summed E-state index contributed by atoms with van der Waals surface area (Å²) in [5.41, 5.74) is 1.10. The van der Waals surface area contributed by atoms with E-state index in [1.54, 1.807) is 13.2 Å². The van der Waals surface area contributed by atoms with Crippen LogP contribution in [0.4, 0.5) is 5.82 Å². The van der Waals surface area contributed by atoms with Gasteiger partial charge < -0.3 is 15.5 Å². The van der Waals surface area contributed by atoms with E-state index in [1.807, 2.05) is 31.0 Å². The molecule has 17 heavy (non-hydrogen) atoms. The largest absolute Gasteiger partial charge is 0.358 e. The van der Waals surface area contributed by atoms with Crippen LogP contribution in [0, 0.1) is 0 Å². The van der Waals surface area contributed by atoms with Crippen LogP contribution in [-0.4, -0.2) is 38.1 Å². The van der Waals surface area contributed by atoms with Gasteiger partial charge in [0.25, 0.3) is 0 Å². The van der Waals surface area contributed by atoms with Gasteiger partial charge in [0.1, 0.15) is 5.82 Å². The lowest BCUT2D eigenvalue weighted by atomic mass is 10.2. The van der Waals surface area contributed by atoms with Crippen molar-refractivity contribution in [3.8, 4) is 0 Å². The number of nitrogens with zero attached hydrogens (tertiary/aromatic N) is 2. The molecule has 0 fully saturated rings. The summed E-state index contributed by atoms with van der Waals surface area (Å²) >= 11 is 0. The number of aromatic nitrogens is 1. The summed E-state index contributed by atoms with van der Waals surface area (Å²) in [6, 6.07) is 3.93. The summed E-state index contributed by atoms with van der Waals surface area (Å²) in [6.07, 6.45) is 1.75. The molecule has 0 atom stereocenters. The Morgan fingerprint density at radius 1 is 1.47 bits per heavy atom. The van der Waals surface area contributed by atoms with Crippen LogP contribution in [0.5, 0.6) is 0 Å². The maximum Gasteiger partial charge on any atom is 0.239 e. The monoisotopic (exact) mass is 236 g/mol. The molecule has 0 radical (unpaired) electrons. The van der Waals surface area contributed by atoms with Crippen LogP contribution in [-0.2, 0) is 11.3 Å². The number of nitrogens with one attached hydrogen (secondary N) is 2. The molecular formula is C12H20N4O. The fraction of sp³-hybridized carbons (Fsp3) is 0.500. The maximum atomic E-state index is 11.4. The number of carbonyl (C=O) groups excluding carboxylic acids is 1. The first-order valence-electron chi connectivity index (χ1n) is 5.77. The van der Waals surface area contributed by atoms with Crippen molar-refractivity contribution < 1.29 is 4.79 Å². The van der Waals surface area contributed by atoms with E-state index in [0.29, 0.717) is 6.54 Å². The van der Waals surface area contributed by atoms with Crippen LogP contribution >= 0.6 is 0 Å². The molecule has 5 nitrogen and oxygen atoms in total. The molecule has 0 spiro atoms. The zero-order valence-corrected chi connectivity index (χ0v) is 10.7. The lowest BCUT2D eigenvalue weighted by molar-refractivity contribution is -0.119. The zero-order valence-electron chi connectivity index (χ0n) is 10.7. The zero-order chi connectivity index (χ0) is 12.7. The molecule has 0 aliphatic carbocycles. The van der Waals surface area contributed by atoms with E-state index >= 15 is 0 Å². The van der Waals surface area contributed by atoms with E-state index in [-0.39, 0.29) is 5.91 Å². The van der Waals surface area contributed by atoms with Gasteiger partial charge in [-0.05, 0) is 20.0 Å².